The van der Waals surface area contributed by atoms with E-state index in [0.717, 1.165) is 36.0 Å². The second-order valence-corrected chi connectivity index (χ2v) is 9.09. The number of para-hydroxylation sites is 1. The zero-order valence-corrected chi connectivity index (χ0v) is 19.3. The topological polar surface area (TPSA) is 76.9 Å². The maximum atomic E-state index is 12.7. The van der Waals surface area contributed by atoms with Crippen molar-refractivity contribution in [1.29, 1.82) is 0 Å². The molecule has 0 spiro atoms. The first-order valence-electron chi connectivity index (χ1n) is 11.1. The third-order valence-corrected chi connectivity index (χ3v) is 5.33. The van der Waals surface area contributed by atoms with E-state index < -0.39 is 11.7 Å². The number of aromatic nitrogens is 2. The van der Waals surface area contributed by atoms with Gasteiger partial charge in [-0.15, -0.1) is 0 Å². The fourth-order valence-electron chi connectivity index (χ4n) is 3.68. The number of nitrogens with zero attached hydrogens (tertiary/aromatic N) is 4. The lowest BCUT2D eigenvalue weighted by atomic mass is 10.1. The normalized spacial score (nSPS) is 17.7. The van der Waals surface area contributed by atoms with E-state index >= 15 is 0 Å². The molecule has 0 unspecified atom stereocenters. The van der Waals surface area contributed by atoms with E-state index in [1.807, 2.05) is 45.0 Å². The highest BCUT2D eigenvalue weighted by atomic mass is 16.6. The number of ether oxygens (including phenoxy) is 2. The van der Waals surface area contributed by atoms with Gasteiger partial charge >= 0.3 is 12.2 Å². The Balaban J connectivity index is 1.71. The molecule has 8 nitrogen and oxygen atoms in total. The highest BCUT2D eigenvalue weighted by Crippen LogP contribution is 2.23. The molecule has 1 aliphatic rings. The summed E-state index contributed by atoms with van der Waals surface area (Å²) in [6.07, 6.45) is 1.16. The standard InChI is InChI=1S/C23H34N4O4/c1-6-7-14-30-21(28)26-13-12-25(17(2)15-26)16-19-18-10-8-9-11-20(18)27(24-19)22(29)31-23(3,4)5/h8-11,17H,6-7,12-16H2,1-5H3/t17-/m0/s1. The highest BCUT2D eigenvalue weighted by molar-refractivity contribution is 5.89. The van der Waals surface area contributed by atoms with Crippen LogP contribution >= 0.6 is 0 Å². The lowest BCUT2D eigenvalue weighted by molar-refractivity contribution is 0.0489. The van der Waals surface area contributed by atoms with Crippen molar-refractivity contribution in [3.63, 3.8) is 0 Å². The van der Waals surface area contributed by atoms with Gasteiger partial charge in [-0.25, -0.2) is 9.59 Å². The minimum absolute atomic E-state index is 0.151. The Morgan fingerprint density at radius 2 is 1.90 bits per heavy atom. The van der Waals surface area contributed by atoms with Crippen molar-refractivity contribution in [2.45, 2.75) is 65.6 Å². The molecule has 0 aliphatic carbocycles. The molecule has 2 heterocycles. The van der Waals surface area contributed by atoms with E-state index in [4.69, 9.17) is 9.47 Å². The Bertz CT molecular complexity index is 918. The average Bonchev–Trinajstić information content (AvgIpc) is 3.07. The van der Waals surface area contributed by atoms with Gasteiger partial charge in [0.05, 0.1) is 17.8 Å². The summed E-state index contributed by atoms with van der Waals surface area (Å²) in [5.41, 5.74) is 0.964. The lowest BCUT2D eigenvalue weighted by Crippen LogP contribution is -2.53. The number of piperazine rings is 1. The van der Waals surface area contributed by atoms with Crippen LogP contribution in [0, 0.1) is 0 Å². The number of rotatable bonds is 5. The Morgan fingerprint density at radius 1 is 1.16 bits per heavy atom. The molecule has 170 valence electrons. The molecular weight excluding hydrogens is 396 g/mol. The Morgan fingerprint density at radius 3 is 2.58 bits per heavy atom. The Kier molecular flexibility index (Phi) is 7.20. The molecular formula is C23H34N4O4. The molecule has 0 saturated carbocycles. The molecule has 3 rings (SSSR count). The molecule has 1 saturated heterocycles. The molecule has 1 atom stereocenters. The molecule has 1 fully saturated rings. The van der Waals surface area contributed by atoms with Gasteiger partial charge in [-0.05, 0) is 40.2 Å². The predicted octanol–water partition coefficient (Wildman–Crippen LogP) is 4.26. The van der Waals surface area contributed by atoms with Gasteiger partial charge in [0, 0.05) is 37.6 Å². The minimum atomic E-state index is -0.596. The molecule has 2 aromatic rings. The molecule has 1 amide bonds. The first-order chi connectivity index (χ1) is 14.7. The van der Waals surface area contributed by atoms with Crippen LogP contribution in [0.15, 0.2) is 24.3 Å². The van der Waals surface area contributed by atoms with Crippen molar-refractivity contribution in [1.82, 2.24) is 19.6 Å². The van der Waals surface area contributed by atoms with Crippen LogP contribution in [0.1, 0.15) is 53.2 Å². The summed E-state index contributed by atoms with van der Waals surface area (Å²) in [6.45, 7) is 12.7. The van der Waals surface area contributed by atoms with Crippen molar-refractivity contribution < 1.29 is 19.1 Å². The van der Waals surface area contributed by atoms with Crippen molar-refractivity contribution in [2.75, 3.05) is 26.2 Å². The maximum absolute atomic E-state index is 12.7. The fourth-order valence-corrected chi connectivity index (χ4v) is 3.68. The molecule has 0 radical (unpaired) electrons. The highest BCUT2D eigenvalue weighted by Gasteiger charge is 2.29. The zero-order valence-electron chi connectivity index (χ0n) is 19.3. The molecule has 8 heteroatoms. The van der Waals surface area contributed by atoms with Gasteiger partial charge in [0.25, 0.3) is 0 Å². The van der Waals surface area contributed by atoms with Crippen LogP contribution in [0.2, 0.25) is 0 Å². The van der Waals surface area contributed by atoms with Gasteiger partial charge in [-0.2, -0.15) is 9.78 Å². The summed E-state index contributed by atoms with van der Waals surface area (Å²) in [5.74, 6) is 0. The Hall–Kier alpha value is -2.61. The van der Waals surface area contributed by atoms with Gasteiger partial charge in [0.1, 0.15) is 5.60 Å². The molecule has 0 N–H and O–H groups in total. The summed E-state index contributed by atoms with van der Waals surface area (Å²) in [4.78, 5) is 29.0. The maximum Gasteiger partial charge on any atom is 0.435 e. The van der Waals surface area contributed by atoms with E-state index in [1.165, 1.54) is 4.68 Å². The fraction of sp³-hybridized carbons (Fsp3) is 0.609. The van der Waals surface area contributed by atoms with Crippen LogP contribution in [0.3, 0.4) is 0 Å². The number of carbonyl (C=O) groups is 2. The van der Waals surface area contributed by atoms with Gasteiger partial charge in [-0.1, -0.05) is 31.5 Å². The summed E-state index contributed by atoms with van der Waals surface area (Å²) in [5, 5.41) is 5.53. The summed E-state index contributed by atoms with van der Waals surface area (Å²) in [6, 6.07) is 7.84. The van der Waals surface area contributed by atoms with Crippen molar-refractivity contribution in [3.8, 4) is 0 Å². The van der Waals surface area contributed by atoms with Gasteiger partial charge in [0.15, 0.2) is 0 Å². The molecule has 1 aromatic heterocycles. The summed E-state index contributed by atoms with van der Waals surface area (Å²) in [7, 11) is 0. The monoisotopic (exact) mass is 430 g/mol. The quantitative estimate of drug-likeness (QED) is 0.660. The van der Waals surface area contributed by atoms with Crippen LogP contribution in [-0.4, -0.2) is 69.7 Å². The SMILES string of the molecule is CCCCOC(=O)N1CCN(Cc2nn(C(=O)OC(C)(C)C)c3ccccc23)[C@@H](C)C1. The van der Waals surface area contributed by atoms with Crippen LogP contribution in [-0.2, 0) is 16.0 Å². The number of unbranched alkanes of at least 4 members (excludes halogenated alkanes) is 1. The number of hydrogen-bond donors (Lipinski definition) is 0. The number of amides is 1. The largest absolute Gasteiger partial charge is 0.449 e. The molecule has 1 aliphatic heterocycles. The first-order valence-corrected chi connectivity index (χ1v) is 11.1. The van der Waals surface area contributed by atoms with Gasteiger partial charge in [-0.3, -0.25) is 4.90 Å². The zero-order chi connectivity index (χ0) is 22.6. The van der Waals surface area contributed by atoms with Crippen LogP contribution < -0.4 is 0 Å². The van der Waals surface area contributed by atoms with E-state index in [2.05, 4.69) is 23.8 Å². The molecule has 0 bridgehead atoms. The van der Waals surface area contributed by atoms with E-state index in [9.17, 15) is 9.59 Å². The van der Waals surface area contributed by atoms with Crippen molar-refractivity contribution >= 4 is 23.1 Å². The number of carbonyl (C=O) groups excluding carboxylic acids is 2. The average molecular weight is 431 g/mol. The summed E-state index contributed by atoms with van der Waals surface area (Å²) >= 11 is 0. The van der Waals surface area contributed by atoms with E-state index in [-0.39, 0.29) is 12.1 Å². The molecule has 1 aromatic carbocycles. The third-order valence-electron chi connectivity index (χ3n) is 5.33. The van der Waals surface area contributed by atoms with Crippen molar-refractivity contribution in [2.24, 2.45) is 0 Å². The van der Waals surface area contributed by atoms with Crippen LogP contribution in [0.25, 0.3) is 10.9 Å². The Labute approximate surface area is 184 Å². The molecule has 31 heavy (non-hydrogen) atoms. The second kappa shape index (κ2) is 9.68. The van der Waals surface area contributed by atoms with Gasteiger partial charge in [0.2, 0.25) is 0 Å². The lowest BCUT2D eigenvalue weighted by Gasteiger charge is -2.39. The number of fused-ring (bicyclic) bond motifs is 1. The minimum Gasteiger partial charge on any atom is -0.449 e. The second-order valence-electron chi connectivity index (χ2n) is 9.09. The smallest absolute Gasteiger partial charge is 0.435 e. The first kappa shape index (κ1) is 23.1. The van der Waals surface area contributed by atoms with Gasteiger partial charge < -0.3 is 14.4 Å². The van der Waals surface area contributed by atoms with E-state index in [0.29, 0.717) is 26.2 Å². The number of benzene rings is 1. The third kappa shape index (κ3) is 5.76. The summed E-state index contributed by atoms with van der Waals surface area (Å²) < 4.78 is 12.2. The van der Waals surface area contributed by atoms with Crippen LogP contribution in [0.5, 0.6) is 0 Å². The van der Waals surface area contributed by atoms with E-state index in [1.54, 1.807) is 4.90 Å². The number of hydrogen-bond acceptors (Lipinski definition) is 6. The van der Waals surface area contributed by atoms with Crippen molar-refractivity contribution in [3.05, 3.63) is 30.0 Å². The van der Waals surface area contributed by atoms with Crippen LogP contribution in [0.4, 0.5) is 9.59 Å². The predicted molar refractivity (Wildman–Crippen MR) is 119 cm³/mol.